The molecule has 7 nitrogen and oxygen atoms in total. The zero-order valence-electron chi connectivity index (χ0n) is 13.2. The molecule has 1 fully saturated rings. The minimum atomic E-state index is -3.68. The maximum Gasteiger partial charge on any atom is 0.312 e. The molecule has 0 aliphatic carbocycles. The fourth-order valence-corrected chi connectivity index (χ4v) is 4.20. The van der Waals surface area contributed by atoms with Crippen LogP contribution in [0.2, 0.25) is 0 Å². The Hall–Kier alpha value is -2.40. The molecule has 2 atom stereocenters. The van der Waals surface area contributed by atoms with Crippen LogP contribution in [0.5, 0.6) is 0 Å². The molecule has 0 saturated carbocycles. The van der Waals surface area contributed by atoms with Gasteiger partial charge in [0.25, 0.3) is 10.0 Å². The van der Waals surface area contributed by atoms with E-state index in [0.717, 1.165) is 6.42 Å². The molecule has 2 aliphatic rings. The molecular formula is C16H17N3O4S. The quantitative estimate of drug-likeness (QED) is 0.748. The molecule has 0 N–H and O–H groups in total. The van der Waals surface area contributed by atoms with Crippen LogP contribution in [0, 0.1) is 17.2 Å². The molecule has 0 amide bonds. The molecule has 8 heteroatoms. The third kappa shape index (κ3) is 2.99. The highest BCUT2D eigenvalue weighted by molar-refractivity contribution is 7.90. The summed E-state index contributed by atoms with van der Waals surface area (Å²) >= 11 is 0. The number of hydrogen-bond acceptors (Lipinski definition) is 6. The van der Waals surface area contributed by atoms with Crippen molar-refractivity contribution in [3.8, 4) is 6.07 Å². The lowest BCUT2D eigenvalue weighted by Crippen LogP contribution is -2.43. The van der Waals surface area contributed by atoms with Crippen molar-refractivity contribution in [1.29, 1.82) is 5.26 Å². The van der Waals surface area contributed by atoms with Crippen LogP contribution in [0.3, 0.4) is 0 Å². The van der Waals surface area contributed by atoms with Crippen molar-refractivity contribution >= 4 is 21.8 Å². The first kappa shape index (κ1) is 16.5. The van der Waals surface area contributed by atoms with Crippen molar-refractivity contribution in [1.82, 2.24) is 4.90 Å². The number of fused-ring (bicyclic) bond motifs is 1. The van der Waals surface area contributed by atoms with E-state index in [1.165, 1.54) is 13.0 Å². The molecule has 24 heavy (non-hydrogen) atoms. The van der Waals surface area contributed by atoms with E-state index in [1.807, 2.05) is 11.0 Å². The highest BCUT2D eigenvalue weighted by atomic mass is 32.2. The van der Waals surface area contributed by atoms with Gasteiger partial charge in [0.1, 0.15) is 11.0 Å². The third-order valence-corrected chi connectivity index (χ3v) is 5.47. The second-order valence-corrected chi connectivity index (χ2v) is 7.45. The Bertz CT molecular complexity index is 841. The lowest BCUT2D eigenvalue weighted by Gasteiger charge is -2.33. The number of nitrogens with zero attached hydrogens (tertiary/aromatic N) is 3. The molecule has 126 valence electrons. The largest absolute Gasteiger partial charge is 0.447 e. The maximum absolute atomic E-state index is 12.2. The van der Waals surface area contributed by atoms with Gasteiger partial charge < -0.3 is 9.64 Å². The normalized spacial score (nSPS) is 22.9. The van der Waals surface area contributed by atoms with Gasteiger partial charge in [0, 0.05) is 18.7 Å². The third-order valence-electron chi connectivity index (χ3n) is 4.14. The first-order valence-corrected chi connectivity index (χ1v) is 9.16. The summed E-state index contributed by atoms with van der Waals surface area (Å²) in [7, 11) is -3.68. The summed E-state index contributed by atoms with van der Waals surface area (Å²) in [5.41, 5.74) is 0.567. The van der Waals surface area contributed by atoms with E-state index < -0.39 is 28.0 Å². The Morgan fingerprint density at radius 2 is 2.21 bits per heavy atom. The van der Waals surface area contributed by atoms with Gasteiger partial charge in [-0.2, -0.15) is 13.7 Å². The summed E-state index contributed by atoms with van der Waals surface area (Å²) in [6, 6.07) is 8.54. The number of benzene rings is 1. The number of rotatable bonds is 2. The van der Waals surface area contributed by atoms with Crippen LogP contribution in [0.1, 0.15) is 25.3 Å². The summed E-state index contributed by atoms with van der Waals surface area (Å²) < 4.78 is 33.3. The molecule has 0 unspecified atom stereocenters. The van der Waals surface area contributed by atoms with Gasteiger partial charge in [0.05, 0.1) is 5.92 Å². The highest BCUT2D eigenvalue weighted by Crippen LogP contribution is 2.30. The number of ether oxygens (including phenoxy) is 1. The molecular weight excluding hydrogens is 330 g/mol. The number of carbonyl (C=O) groups excluding carboxylic acids is 1. The van der Waals surface area contributed by atoms with Gasteiger partial charge >= 0.3 is 5.97 Å². The Kier molecular flexibility index (Phi) is 4.28. The van der Waals surface area contributed by atoms with Crippen LogP contribution in [0.15, 0.2) is 33.6 Å². The minimum absolute atomic E-state index is 0.197. The van der Waals surface area contributed by atoms with Crippen molar-refractivity contribution in [3.05, 3.63) is 29.8 Å². The van der Waals surface area contributed by atoms with Crippen LogP contribution in [0.25, 0.3) is 0 Å². The molecule has 3 rings (SSSR count). The fraction of sp³-hybridized carbons (Fsp3) is 0.438. The number of piperidine rings is 1. The van der Waals surface area contributed by atoms with Gasteiger partial charge in [-0.1, -0.05) is 12.1 Å². The van der Waals surface area contributed by atoms with E-state index in [9.17, 15) is 13.2 Å². The van der Waals surface area contributed by atoms with E-state index in [4.69, 9.17) is 10.00 Å². The summed E-state index contributed by atoms with van der Waals surface area (Å²) in [5.74, 6) is -0.437. The maximum atomic E-state index is 12.2. The smallest absolute Gasteiger partial charge is 0.312 e. The monoisotopic (exact) mass is 347 g/mol. The molecule has 0 bridgehead atoms. The molecule has 1 saturated heterocycles. The first-order chi connectivity index (χ1) is 11.4. The van der Waals surface area contributed by atoms with Crippen LogP contribution in [-0.2, 0) is 19.6 Å². The molecule has 1 aromatic rings. The van der Waals surface area contributed by atoms with Crippen LogP contribution in [0.4, 0.5) is 0 Å². The van der Waals surface area contributed by atoms with E-state index in [1.54, 1.807) is 18.2 Å². The van der Waals surface area contributed by atoms with E-state index >= 15 is 0 Å². The Morgan fingerprint density at radius 3 is 2.96 bits per heavy atom. The lowest BCUT2D eigenvalue weighted by atomic mass is 9.97. The van der Waals surface area contributed by atoms with Crippen molar-refractivity contribution in [2.45, 2.75) is 30.8 Å². The number of amidine groups is 1. The van der Waals surface area contributed by atoms with Crippen LogP contribution in [-0.4, -0.2) is 44.3 Å². The standard InChI is InChI=1S/C16H17N3O4S/c1-11(9-17)23-16(20)12-5-4-8-19(10-12)15-13-6-2-3-7-14(13)24(21,22)18-15/h2-3,6-7,11-12H,4-5,8,10H2,1H3/t11-,12+/m1/s1. The first-order valence-electron chi connectivity index (χ1n) is 7.72. The van der Waals surface area contributed by atoms with E-state index in [-0.39, 0.29) is 4.90 Å². The van der Waals surface area contributed by atoms with E-state index in [2.05, 4.69) is 4.40 Å². The average molecular weight is 347 g/mol. The average Bonchev–Trinajstić information content (AvgIpc) is 2.87. The molecule has 0 radical (unpaired) electrons. The molecule has 0 aromatic heterocycles. The van der Waals surface area contributed by atoms with Crippen LogP contribution < -0.4 is 0 Å². The second-order valence-electron chi connectivity index (χ2n) is 5.88. The zero-order valence-corrected chi connectivity index (χ0v) is 14.0. The second kappa shape index (κ2) is 6.24. The summed E-state index contributed by atoms with van der Waals surface area (Å²) in [6.45, 7) is 2.47. The lowest BCUT2D eigenvalue weighted by molar-refractivity contribution is -0.152. The predicted molar refractivity (Wildman–Crippen MR) is 85.6 cm³/mol. The van der Waals surface area contributed by atoms with Gasteiger partial charge in [-0.15, -0.1) is 4.40 Å². The van der Waals surface area contributed by atoms with Crippen molar-refractivity contribution < 1.29 is 17.9 Å². The Morgan fingerprint density at radius 1 is 1.46 bits per heavy atom. The number of sulfonamides is 1. The number of nitriles is 1. The number of esters is 1. The fourth-order valence-electron chi connectivity index (χ4n) is 2.98. The van der Waals surface area contributed by atoms with E-state index in [0.29, 0.717) is 30.9 Å². The highest BCUT2D eigenvalue weighted by Gasteiger charge is 2.35. The van der Waals surface area contributed by atoms with Crippen LogP contribution >= 0.6 is 0 Å². The Labute approximate surface area is 140 Å². The zero-order chi connectivity index (χ0) is 17.3. The summed E-state index contributed by atoms with van der Waals surface area (Å²) in [4.78, 5) is 14.2. The molecule has 2 aliphatic heterocycles. The number of carbonyl (C=O) groups is 1. The Balaban J connectivity index is 1.82. The van der Waals surface area contributed by atoms with Crippen molar-refractivity contribution in [2.24, 2.45) is 10.3 Å². The molecule has 1 aromatic carbocycles. The number of likely N-dealkylation sites (tertiary alicyclic amines) is 1. The summed E-state index contributed by atoms with van der Waals surface area (Å²) in [5, 5.41) is 8.75. The van der Waals surface area contributed by atoms with Gasteiger partial charge in [-0.3, -0.25) is 4.79 Å². The topological polar surface area (TPSA) is 99.8 Å². The summed E-state index contributed by atoms with van der Waals surface area (Å²) in [6.07, 6.45) is 0.578. The molecule has 0 spiro atoms. The van der Waals surface area contributed by atoms with Gasteiger partial charge in [0.15, 0.2) is 11.9 Å². The number of hydrogen-bond donors (Lipinski definition) is 0. The predicted octanol–water partition coefficient (Wildman–Crippen LogP) is 1.30. The van der Waals surface area contributed by atoms with Gasteiger partial charge in [-0.25, -0.2) is 0 Å². The van der Waals surface area contributed by atoms with Crippen molar-refractivity contribution in [3.63, 3.8) is 0 Å². The minimum Gasteiger partial charge on any atom is -0.447 e. The SMILES string of the molecule is C[C@H](C#N)OC(=O)[C@H]1CCCN(C2=NS(=O)(=O)c3ccccc32)C1. The van der Waals surface area contributed by atoms with Crippen molar-refractivity contribution in [2.75, 3.05) is 13.1 Å². The van der Waals surface area contributed by atoms with Gasteiger partial charge in [-0.05, 0) is 31.9 Å². The molecule has 2 heterocycles. The van der Waals surface area contributed by atoms with Gasteiger partial charge in [0.2, 0.25) is 0 Å².